The molecule has 3 aromatic rings. The van der Waals surface area contributed by atoms with Gasteiger partial charge in [-0.15, -0.1) is 0 Å². The number of hydrogen-bond donors (Lipinski definition) is 1. The lowest BCUT2D eigenvalue weighted by Crippen LogP contribution is -2.27. The number of carbonyl (C=O) groups excluding carboxylic acids is 1. The molecule has 1 aliphatic carbocycles. The Hall–Kier alpha value is -3.78. The van der Waals surface area contributed by atoms with Gasteiger partial charge in [-0.1, -0.05) is 81.0 Å². The Kier molecular flexibility index (Phi) is 14.2. The van der Waals surface area contributed by atoms with Crippen molar-refractivity contribution >= 4 is 5.78 Å². The number of carbonyl (C=O) groups is 1. The topological polar surface area (TPSA) is 74.2 Å². The van der Waals surface area contributed by atoms with E-state index in [1.54, 1.807) is 30.3 Å². The van der Waals surface area contributed by atoms with Gasteiger partial charge < -0.3 is 24.1 Å². The smallest absolute Gasteiger partial charge is 0.163 e. The maximum Gasteiger partial charge on any atom is 0.163 e. The van der Waals surface area contributed by atoms with E-state index in [0.717, 1.165) is 35.1 Å². The second kappa shape index (κ2) is 18.5. The van der Waals surface area contributed by atoms with Crippen molar-refractivity contribution in [2.24, 2.45) is 11.8 Å². The van der Waals surface area contributed by atoms with Crippen molar-refractivity contribution in [1.82, 2.24) is 0 Å². The Morgan fingerprint density at radius 3 is 2.40 bits per heavy atom. The van der Waals surface area contributed by atoms with Crippen molar-refractivity contribution in [2.75, 3.05) is 33.0 Å². The molecule has 1 N–H and O–H groups in total. The van der Waals surface area contributed by atoms with Crippen LogP contribution in [0.15, 0.2) is 90.5 Å². The van der Waals surface area contributed by atoms with E-state index in [-0.39, 0.29) is 36.7 Å². The average Bonchev–Trinajstić information content (AvgIpc) is 3.06. The molecule has 0 aliphatic heterocycles. The highest BCUT2D eigenvalue weighted by Crippen LogP contribution is 2.32. The Labute approximate surface area is 279 Å². The van der Waals surface area contributed by atoms with Gasteiger partial charge in [0.2, 0.25) is 0 Å². The molecule has 0 fully saturated rings. The Balaban J connectivity index is 1.44. The first kappa shape index (κ1) is 36.1. The second-order valence-corrected chi connectivity index (χ2v) is 12.8. The number of allylic oxidation sites excluding steroid dienone is 2. The molecule has 0 saturated heterocycles. The summed E-state index contributed by atoms with van der Waals surface area (Å²) in [6, 6.07) is 19.4. The zero-order valence-electron chi connectivity index (χ0n) is 28.1. The fourth-order valence-corrected chi connectivity index (χ4v) is 5.31. The van der Waals surface area contributed by atoms with Gasteiger partial charge in [0.1, 0.15) is 18.0 Å². The van der Waals surface area contributed by atoms with E-state index in [1.807, 2.05) is 38.1 Å². The van der Waals surface area contributed by atoms with E-state index < -0.39 is 6.10 Å². The second-order valence-electron chi connectivity index (χ2n) is 12.8. The van der Waals surface area contributed by atoms with E-state index in [0.29, 0.717) is 55.8 Å². The fraction of sp³-hybridized carbons (Fsp3) is 0.425. The fourth-order valence-electron chi connectivity index (χ4n) is 5.31. The van der Waals surface area contributed by atoms with Crippen LogP contribution in [-0.4, -0.2) is 50.0 Å². The van der Waals surface area contributed by atoms with Gasteiger partial charge in [-0.25, -0.2) is 4.39 Å². The van der Waals surface area contributed by atoms with Crippen LogP contribution < -0.4 is 9.47 Å². The third-order valence-corrected chi connectivity index (χ3v) is 7.85. The van der Waals surface area contributed by atoms with Crippen molar-refractivity contribution < 1.29 is 33.2 Å². The lowest BCUT2D eigenvalue weighted by molar-refractivity contribution is 0.0217. The zero-order chi connectivity index (χ0) is 33.6. The van der Waals surface area contributed by atoms with Gasteiger partial charge in [0.15, 0.2) is 17.3 Å². The SMILES string of the molecule is Cc1cccc(C(O)COCC(C)CC(=O)c2ccc(OCCc3ccc(F)cc3)c(OC(COCC(C)C)C3=CCCC=C3)c2)c1. The molecule has 0 spiro atoms. The number of benzene rings is 3. The van der Waals surface area contributed by atoms with Crippen LogP contribution in [0.1, 0.15) is 73.2 Å². The molecule has 4 rings (SSSR count). The third kappa shape index (κ3) is 12.1. The van der Waals surface area contributed by atoms with E-state index in [4.69, 9.17) is 18.9 Å². The molecule has 47 heavy (non-hydrogen) atoms. The molecule has 6 nitrogen and oxygen atoms in total. The summed E-state index contributed by atoms with van der Waals surface area (Å²) in [6.07, 6.45) is 8.07. The van der Waals surface area contributed by atoms with Gasteiger partial charge in [-0.2, -0.15) is 0 Å². The van der Waals surface area contributed by atoms with Crippen LogP contribution in [0.2, 0.25) is 0 Å². The summed E-state index contributed by atoms with van der Waals surface area (Å²) >= 11 is 0. The van der Waals surface area contributed by atoms with Crippen molar-refractivity contribution in [3.8, 4) is 11.5 Å². The minimum Gasteiger partial charge on any atom is -0.489 e. The Bertz CT molecular complexity index is 1480. The first-order chi connectivity index (χ1) is 22.7. The van der Waals surface area contributed by atoms with E-state index in [2.05, 4.69) is 32.1 Å². The Morgan fingerprint density at radius 1 is 0.894 bits per heavy atom. The minimum atomic E-state index is -0.723. The van der Waals surface area contributed by atoms with Gasteiger partial charge in [-0.3, -0.25) is 4.79 Å². The number of rotatable bonds is 19. The van der Waals surface area contributed by atoms with E-state index >= 15 is 0 Å². The number of aryl methyl sites for hydroxylation is 1. The molecule has 0 aromatic heterocycles. The predicted octanol–water partition coefficient (Wildman–Crippen LogP) is 8.41. The van der Waals surface area contributed by atoms with Gasteiger partial charge in [-0.05, 0) is 78.6 Å². The molecule has 3 unspecified atom stereocenters. The maximum absolute atomic E-state index is 13.5. The molecular weight excluding hydrogens is 595 g/mol. The highest BCUT2D eigenvalue weighted by molar-refractivity contribution is 5.96. The molecule has 7 heteroatoms. The van der Waals surface area contributed by atoms with E-state index in [1.165, 1.54) is 12.1 Å². The Morgan fingerprint density at radius 2 is 1.68 bits per heavy atom. The van der Waals surface area contributed by atoms with Crippen molar-refractivity contribution in [3.63, 3.8) is 0 Å². The van der Waals surface area contributed by atoms with Crippen LogP contribution in [0.4, 0.5) is 4.39 Å². The monoisotopic (exact) mass is 644 g/mol. The minimum absolute atomic E-state index is 0.0348. The van der Waals surface area contributed by atoms with Gasteiger partial charge in [0, 0.05) is 31.6 Å². The largest absolute Gasteiger partial charge is 0.489 e. The van der Waals surface area contributed by atoms with Gasteiger partial charge in [0.05, 0.1) is 19.8 Å². The molecule has 0 amide bonds. The number of aliphatic hydroxyl groups excluding tert-OH is 1. The number of ether oxygens (including phenoxy) is 4. The summed E-state index contributed by atoms with van der Waals surface area (Å²) in [5.74, 6) is 1.01. The molecule has 0 radical (unpaired) electrons. The van der Waals surface area contributed by atoms with E-state index in [9.17, 15) is 14.3 Å². The molecule has 0 bridgehead atoms. The van der Waals surface area contributed by atoms with Gasteiger partial charge >= 0.3 is 0 Å². The standard InChI is InChI=1S/C40H49FO6/c1-28(2)24-44-27-40(32-10-6-5-7-11-32)47-39-23-34(15-18-38(39)46-20-19-31-13-16-35(41)17-14-31)36(42)22-30(4)25-45-26-37(43)33-12-8-9-29(3)21-33/h6,8-18,21,23,28,30,37,40,43H,5,7,19-20,22,24-27H2,1-4H3. The number of aliphatic hydroxyl groups is 1. The number of hydrogen-bond acceptors (Lipinski definition) is 6. The molecule has 252 valence electrons. The average molecular weight is 645 g/mol. The summed E-state index contributed by atoms with van der Waals surface area (Å²) in [5, 5.41) is 10.5. The van der Waals surface area contributed by atoms with Crippen molar-refractivity contribution in [3.05, 3.63) is 119 Å². The quantitative estimate of drug-likeness (QED) is 0.132. The lowest BCUT2D eigenvalue weighted by atomic mass is 9.99. The van der Waals surface area contributed by atoms with Crippen LogP contribution in [0.25, 0.3) is 0 Å². The zero-order valence-corrected chi connectivity index (χ0v) is 28.1. The predicted molar refractivity (Wildman–Crippen MR) is 184 cm³/mol. The van der Waals surface area contributed by atoms with Crippen LogP contribution in [-0.2, 0) is 15.9 Å². The lowest BCUT2D eigenvalue weighted by Gasteiger charge is -2.24. The molecule has 1 aliphatic rings. The first-order valence-electron chi connectivity index (χ1n) is 16.7. The molecule has 3 aromatic carbocycles. The first-order valence-corrected chi connectivity index (χ1v) is 16.7. The van der Waals surface area contributed by atoms with Crippen LogP contribution in [0.3, 0.4) is 0 Å². The third-order valence-electron chi connectivity index (χ3n) is 7.85. The molecular formula is C40H49FO6. The van der Waals surface area contributed by atoms with Crippen LogP contribution in [0, 0.1) is 24.6 Å². The van der Waals surface area contributed by atoms with Gasteiger partial charge in [0.25, 0.3) is 0 Å². The van der Waals surface area contributed by atoms with Crippen LogP contribution in [0.5, 0.6) is 11.5 Å². The summed E-state index contributed by atoms with van der Waals surface area (Å²) in [7, 11) is 0. The van der Waals surface area contributed by atoms with Crippen LogP contribution >= 0.6 is 0 Å². The number of Topliss-reactive ketones (excluding diaryl/α,β-unsaturated/α-hetero) is 1. The summed E-state index contributed by atoms with van der Waals surface area (Å²) in [5.41, 5.74) is 4.41. The molecule has 0 heterocycles. The summed E-state index contributed by atoms with van der Waals surface area (Å²) in [4.78, 5) is 13.5. The maximum atomic E-state index is 13.5. The molecule has 0 saturated carbocycles. The summed E-state index contributed by atoms with van der Waals surface area (Å²) in [6.45, 7) is 10.0. The molecule has 3 atom stereocenters. The number of ketones is 1. The highest BCUT2D eigenvalue weighted by Gasteiger charge is 2.21. The highest BCUT2D eigenvalue weighted by atomic mass is 19.1. The normalized spacial score (nSPS) is 14.8. The van der Waals surface area contributed by atoms with Crippen molar-refractivity contribution in [2.45, 2.75) is 65.6 Å². The van der Waals surface area contributed by atoms with Crippen molar-refractivity contribution in [1.29, 1.82) is 0 Å². The number of halogens is 1. The summed E-state index contributed by atoms with van der Waals surface area (Å²) < 4.78 is 38.0.